The van der Waals surface area contributed by atoms with Crippen LogP contribution in [0.15, 0.2) is 24.3 Å². The molecule has 0 aliphatic rings. The lowest BCUT2D eigenvalue weighted by Gasteiger charge is -1.88. The van der Waals surface area contributed by atoms with Gasteiger partial charge in [0, 0.05) is 0 Å². The van der Waals surface area contributed by atoms with E-state index in [9.17, 15) is 0 Å². The van der Waals surface area contributed by atoms with Gasteiger partial charge in [0.1, 0.15) is 0 Å². The van der Waals surface area contributed by atoms with Crippen molar-refractivity contribution < 1.29 is 0 Å². The van der Waals surface area contributed by atoms with Crippen molar-refractivity contribution in [1.82, 2.24) is 0 Å². The van der Waals surface area contributed by atoms with Crippen molar-refractivity contribution in [1.29, 1.82) is 0 Å². The lowest BCUT2D eigenvalue weighted by molar-refractivity contribution is 1.74. The number of rotatable bonds is 1. The fourth-order valence-corrected chi connectivity index (χ4v) is 1.36. The average Bonchev–Trinajstić information content (AvgIpc) is 1.90. The molecule has 8 heavy (non-hydrogen) atoms. The zero-order chi connectivity index (χ0) is 5.82. The molecule has 0 fully saturated rings. The number of hydrogen-bond acceptors (Lipinski definition) is 0. The predicted octanol–water partition coefficient (Wildman–Crippen LogP) is 0.329. The summed E-state index contributed by atoms with van der Waals surface area (Å²) in [6, 6.07) is 11.2. The molecule has 0 N–H and O–H groups in total. The Hall–Kier alpha value is -0.563. The summed E-state index contributed by atoms with van der Waals surface area (Å²) in [5.41, 5.74) is 0. The van der Waals surface area contributed by atoms with Crippen LogP contribution in [0, 0.1) is 6.07 Å². The molecular weight excluding hydrogens is 112 g/mol. The first-order valence-electron chi connectivity index (χ1n) is 2.88. The minimum Gasteiger partial charge on any atom is -0.0708 e. The van der Waals surface area contributed by atoms with E-state index in [1.165, 1.54) is 5.19 Å². The molecule has 0 bridgehead atoms. The lowest BCUT2D eigenvalue weighted by atomic mass is 10.4. The molecule has 0 aromatic heterocycles. The third-order valence-electron chi connectivity index (χ3n) is 1.20. The van der Waals surface area contributed by atoms with E-state index >= 15 is 0 Å². The van der Waals surface area contributed by atoms with Crippen LogP contribution in [-0.2, 0) is 0 Å². The van der Waals surface area contributed by atoms with E-state index in [4.69, 9.17) is 0 Å². The fraction of sp³-hybridized carbons (Fsp3) is 0.143. The van der Waals surface area contributed by atoms with E-state index < -0.39 is 0 Å². The second-order valence-electron chi connectivity index (χ2n) is 1.76. The van der Waals surface area contributed by atoms with Gasteiger partial charge < -0.3 is 0 Å². The Morgan fingerprint density at radius 3 is 2.38 bits per heavy atom. The maximum Gasteiger partial charge on any atom is 0.0517 e. The Morgan fingerprint density at radius 1 is 1.38 bits per heavy atom. The molecule has 0 amide bonds. The summed E-state index contributed by atoms with van der Waals surface area (Å²) in [6.07, 6.45) is 0. The van der Waals surface area contributed by atoms with Crippen LogP contribution < -0.4 is 5.19 Å². The molecule has 0 spiro atoms. The molecule has 1 aromatic rings. The van der Waals surface area contributed by atoms with Crippen molar-refractivity contribution in [2.24, 2.45) is 0 Å². The first-order chi connectivity index (χ1) is 3.93. The molecule has 0 saturated heterocycles. The molecule has 1 rings (SSSR count). The van der Waals surface area contributed by atoms with Gasteiger partial charge in [-0.25, -0.2) is 0 Å². The maximum absolute atomic E-state index is 2.99. The molecular formula is C7H9Si. The summed E-state index contributed by atoms with van der Waals surface area (Å²) in [5, 5.41) is 1.52. The summed E-state index contributed by atoms with van der Waals surface area (Å²) < 4.78 is 0. The van der Waals surface area contributed by atoms with Crippen LogP contribution >= 0.6 is 0 Å². The van der Waals surface area contributed by atoms with Gasteiger partial charge in [-0.05, 0) is 6.07 Å². The maximum atomic E-state index is 2.99. The highest BCUT2D eigenvalue weighted by atomic mass is 28.2. The number of hydrogen-bond donors (Lipinski definition) is 0. The van der Waals surface area contributed by atoms with E-state index in [0.29, 0.717) is 0 Å². The van der Waals surface area contributed by atoms with Crippen LogP contribution in [0.4, 0.5) is 0 Å². The zero-order valence-electron chi connectivity index (χ0n) is 5.02. The van der Waals surface area contributed by atoms with Crippen molar-refractivity contribution in [3.05, 3.63) is 30.3 Å². The summed E-state index contributed by atoms with van der Waals surface area (Å²) in [7, 11) is 0.0713. The first-order valence-corrected chi connectivity index (χ1v) is 5.00. The lowest BCUT2D eigenvalue weighted by Crippen LogP contribution is -2.07. The minimum absolute atomic E-state index is 0.0713. The molecule has 0 saturated carbocycles. The van der Waals surface area contributed by atoms with Gasteiger partial charge in [-0.15, -0.1) is 0 Å². The largest absolute Gasteiger partial charge is 0.0708 e. The van der Waals surface area contributed by atoms with Crippen LogP contribution in [-0.4, -0.2) is 9.52 Å². The Labute approximate surface area is 52.4 Å². The second-order valence-corrected chi connectivity index (χ2v) is 3.29. The second kappa shape index (κ2) is 2.67. The summed E-state index contributed by atoms with van der Waals surface area (Å²) in [6.45, 7) is 2.29. The minimum atomic E-state index is 0.0713. The molecule has 1 heteroatoms. The van der Waals surface area contributed by atoms with Crippen LogP contribution in [0.25, 0.3) is 0 Å². The topological polar surface area (TPSA) is 0 Å². The molecule has 41 valence electrons. The summed E-state index contributed by atoms with van der Waals surface area (Å²) >= 11 is 0. The van der Waals surface area contributed by atoms with Gasteiger partial charge in [-0.2, -0.15) is 0 Å². The Balaban J connectivity index is 2.83. The highest BCUT2D eigenvalue weighted by Gasteiger charge is 1.81. The Morgan fingerprint density at radius 2 is 2.00 bits per heavy atom. The van der Waals surface area contributed by atoms with Gasteiger partial charge in [0.05, 0.1) is 9.52 Å². The van der Waals surface area contributed by atoms with Crippen LogP contribution in [0.5, 0.6) is 0 Å². The van der Waals surface area contributed by atoms with E-state index in [2.05, 4.69) is 24.7 Å². The highest BCUT2D eigenvalue weighted by molar-refractivity contribution is 6.51. The average molecular weight is 121 g/mol. The zero-order valence-corrected chi connectivity index (χ0v) is 6.43. The molecule has 0 unspecified atom stereocenters. The third-order valence-corrected chi connectivity index (χ3v) is 2.48. The van der Waals surface area contributed by atoms with Crippen molar-refractivity contribution in [2.45, 2.75) is 6.55 Å². The van der Waals surface area contributed by atoms with Crippen LogP contribution in [0.3, 0.4) is 0 Å². The van der Waals surface area contributed by atoms with Crippen molar-refractivity contribution in [3.63, 3.8) is 0 Å². The predicted molar refractivity (Wildman–Crippen MR) is 39.3 cm³/mol. The van der Waals surface area contributed by atoms with Gasteiger partial charge in [0.15, 0.2) is 0 Å². The fourth-order valence-electron chi connectivity index (χ4n) is 0.657. The standard InChI is InChI=1S/C7H9Si/c1-8-7-5-3-2-4-6-7/h3-6H,8H2,1H3. The first kappa shape index (κ1) is 5.57. The van der Waals surface area contributed by atoms with E-state index in [0.717, 1.165) is 0 Å². The monoisotopic (exact) mass is 121 g/mol. The van der Waals surface area contributed by atoms with Gasteiger partial charge in [0.2, 0.25) is 0 Å². The van der Waals surface area contributed by atoms with Crippen LogP contribution in [0.2, 0.25) is 6.55 Å². The molecule has 0 aliphatic carbocycles. The third kappa shape index (κ3) is 1.20. The number of benzene rings is 1. The molecule has 0 nitrogen and oxygen atoms in total. The normalized spacial score (nSPS) is 10.6. The Bertz CT molecular complexity index is 146. The molecule has 1 aromatic carbocycles. The SMILES string of the molecule is C[SiH2]c1cc[c]cc1. The van der Waals surface area contributed by atoms with Gasteiger partial charge in [-0.3, -0.25) is 0 Å². The summed E-state index contributed by atoms with van der Waals surface area (Å²) in [4.78, 5) is 0. The van der Waals surface area contributed by atoms with Gasteiger partial charge in [0.25, 0.3) is 0 Å². The molecule has 1 radical (unpaired) electrons. The molecule has 0 atom stereocenters. The summed E-state index contributed by atoms with van der Waals surface area (Å²) in [5.74, 6) is 0. The van der Waals surface area contributed by atoms with Crippen molar-refractivity contribution >= 4 is 14.7 Å². The molecule has 0 heterocycles. The molecule has 0 aliphatic heterocycles. The van der Waals surface area contributed by atoms with Gasteiger partial charge >= 0.3 is 0 Å². The van der Waals surface area contributed by atoms with Crippen LogP contribution in [0.1, 0.15) is 0 Å². The van der Waals surface area contributed by atoms with Gasteiger partial charge in [-0.1, -0.05) is 36.0 Å². The van der Waals surface area contributed by atoms with E-state index in [1.54, 1.807) is 0 Å². The van der Waals surface area contributed by atoms with Crippen molar-refractivity contribution in [3.8, 4) is 0 Å². The smallest absolute Gasteiger partial charge is 0.0517 e. The van der Waals surface area contributed by atoms with E-state index in [1.807, 2.05) is 12.1 Å². The Kier molecular flexibility index (Phi) is 1.86. The van der Waals surface area contributed by atoms with Crippen molar-refractivity contribution in [2.75, 3.05) is 0 Å². The highest BCUT2D eigenvalue weighted by Crippen LogP contribution is 1.78. The quantitative estimate of drug-likeness (QED) is 0.470. The van der Waals surface area contributed by atoms with E-state index in [-0.39, 0.29) is 9.52 Å².